The van der Waals surface area contributed by atoms with Crippen LogP contribution in [0, 0.1) is 17.8 Å². The first-order valence-electron chi connectivity index (χ1n) is 3.36. The van der Waals surface area contributed by atoms with Crippen LogP contribution in [-0.2, 0) is 0 Å². The van der Waals surface area contributed by atoms with Gasteiger partial charge in [-0.2, -0.15) is 0 Å². The third-order valence-corrected chi connectivity index (χ3v) is 2.48. The summed E-state index contributed by atoms with van der Waals surface area (Å²) in [6, 6.07) is 0. The standard InChI is InChI=1S/C7H12.CH4/c1-5-2-6-4-7(6)3-5;/h5-7H,2-4H2,1H3;1H4. The molecule has 8 heavy (non-hydrogen) atoms. The van der Waals surface area contributed by atoms with Crippen LogP contribution in [0.4, 0.5) is 0 Å². The Hall–Kier alpha value is 0. The molecule has 2 aliphatic carbocycles. The average molecular weight is 112 g/mol. The van der Waals surface area contributed by atoms with Gasteiger partial charge >= 0.3 is 0 Å². The molecule has 0 aromatic carbocycles. The Morgan fingerprint density at radius 3 is 1.75 bits per heavy atom. The van der Waals surface area contributed by atoms with E-state index in [2.05, 4.69) is 6.92 Å². The maximum Gasteiger partial charge on any atom is -0.0380 e. The molecule has 0 bridgehead atoms. The predicted octanol–water partition coefficient (Wildman–Crippen LogP) is 2.69. The van der Waals surface area contributed by atoms with Crippen molar-refractivity contribution in [2.24, 2.45) is 17.8 Å². The Labute approximate surface area is 52.3 Å². The first-order valence-corrected chi connectivity index (χ1v) is 3.36. The third-order valence-electron chi connectivity index (χ3n) is 2.48. The Balaban J connectivity index is 0.000000320. The molecule has 0 aromatic heterocycles. The first-order chi connectivity index (χ1) is 3.36. The Bertz CT molecular complexity index is 76.0. The van der Waals surface area contributed by atoms with Crippen LogP contribution in [0.1, 0.15) is 33.6 Å². The quantitative estimate of drug-likeness (QED) is 0.452. The van der Waals surface area contributed by atoms with E-state index in [1.807, 2.05) is 0 Å². The lowest BCUT2D eigenvalue weighted by atomic mass is 10.1. The van der Waals surface area contributed by atoms with Crippen LogP contribution >= 0.6 is 0 Å². The lowest BCUT2D eigenvalue weighted by molar-refractivity contribution is 0.535. The van der Waals surface area contributed by atoms with Gasteiger partial charge in [-0.15, -0.1) is 0 Å². The summed E-state index contributed by atoms with van der Waals surface area (Å²) in [6.45, 7) is 2.38. The van der Waals surface area contributed by atoms with Gasteiger partial charge in [-0.05, 0) is 37.0 Å². The molecule has 0 nitrogen and oxygen atoms in total. The highest BCUT2D eigenvalue weighted by Crippen LogP contribution is 2.53. The van der Waals surface area contributed by atoms with Crippen molar-refractivity contribution in [2.75, 3.05) is 0 Å². The van der Waals surface area contributed by atoms with Gasteiger partial charge in [-0.3, -0.25) is 0 Å². The van der Waals surface area contributed by atoms with E-state index in [0.29, 0.717) is 0 Å². The van der Waals surface area contributed by atoms with Gasteiger partial charge < -0.3 is 0 Å². The lowest BCUT2D eigenvalue weighted by Gasteiger charge is -1.98. The van der Waals surface area contributed by atoms with Gasteiger partial charge in [0.2, 0.25) is 0 Å². The summed E-state index contributed by atoms with van der Waals surface area (Å²) in [5.41, 5.74) is 0. The minimum atomic E-state index is 0. The maximum atomic E-state index is 2.38. The van der Waals surface area contributed by atoms with Crippen LogP contribution in [0.5, 0.6) is 0 Å². The van der Waals surface area contributed by atoms with E-state index in [1.54, 1.807) is 19.3 Å². The molecule has 0 saturated heterocycles. The van der Waals surface area contributed by atoms with E-state index in [-0.39, 0.29) is 7.43 Å². The number of rotatable bonds is 0. The van der Waals surface area contributed by atoms with Crippen molar-refractivity contribution in [1.29, 1.82) is 0 Å². The van der Waals surface area contributed by atoms with Crippen molar-refractivity contribution >= 4 is 0 Å². The topological polar surface area (TPSA) is 0 Å². The highest BCUT2D eigenvalue weighted by Gasteiger charge is 2.43. The van der Waals surface area contributed by atoms with E-state index in [1.165, 1.54) is 11.8 Å². The molecule has 0 spiro atoms. The monoisotopic (exact) mass is 112 g/mol. The second-order valence-corrected chi connectivity index (χ2v) is 3.33. The molecular weight excluding hydrogens is 96.1 g/mol. The number of hydrogen-bond donors (Lipinski definition) is 0. The minimum absolute atomic E-state index is 0. The molecule has 0 N–H and O–H groups in total. The molecule has 2 atom stereocenters. The molecular formula is C8H16. The summed E-state index contributed by atoms with van der Waals surface area (Å²) >= 11 is 0. The molecule has 0 aromatic rings. The lowest BCUT2D eigenvalue weighted by Crippen LogP contribution is -1.86. The zero-order valence-corrected chi connectivity index (χ0v) is 4.85. The molecule has 0 heterocycles. The summed E-state index contributed by atoms with van der Waals surface area (Å²) in [7, 11) is 0. The van der Waals surface area contributed by atoms with E-state index in [4.69, 9.17) is 0 Å². The van der Waals surface area contributed by atoms with Crippen LogP contribution < -0.4 is 0 Å². The predicted molar refractivity (Wildman–Crippen MR) is 36.7 cm³/mol. The third kappa shape index (κ3) is 0.765. The molecule has 0 heteroatoms. The highest BCUT2D eigenvalue weighted by molar-refractivity contribution is 4.94. The molecule has 2 fully saturated rings. The summed E-state index contributed by atoms with van der Waals surface area (Å²) < 4.78 is 0. The van der Waals surface area contributed by atoms with Gasteiger partial charge in [0.25, 0.3) is 0 Å². The highest BCUT2D eigenvalue weighted by atomic mass is 14.5. The summed E-state index contributed by atoms with van der Waals surface area (Å²) in [4.78, 5) is 0. The number of fused-ring (bicyclic) bond motifs is 1. The zero-order chi connectivity index (χ0) is 4.85. The van der Waals surface area contributed by atoms with Gasteiger partial charge in [-0.1, -0.05) is 14.4 Å². The van der Waals surface area contributed by atoms with Gasteiger partial charge in [0.15, 0.2) is 0 Å². The Kier molecular flexibility index (Phi) is 1.34. The Morgan fingerprint density at radius 2 is 1.50 bits per heavy atom. The fourth-order valence-electron chi connectivity index (χ4n) is 2.02. The van der Waals surface area contributed by atoms with Crippen LogP contribution in [0.15, 0.2) is 0 Å². The molecule has 48 valence electrons. The molecule has 0 amide bonds. The maximum absolute atomic E-state index is 2.38. The van der Waals surface area contributed by atoms with Crippen molar-refractivity contribution in [3.63, 3.8) is 0 Å². The summed E-state index contributed by atoms with van der Waals surface area (Å²) in [6.07, 6.45) is 4.67. The van der Waals surface area contributed by atoms with Gasteiger partial charge in [0.1, 0.15) is 0 Å². The first kappa shape index (κ1) is 6.12. The fourth-order valence-corrected chi connectivity index (χ4v) is 2.02. The second-order valence-electron chi connectivity index (χ2n) is 3.33. The summed E-state index contributed by atoms with van der Waals surface area (Å²) in [5, 5.41) is 0. The van der Waals surface area contributed by atoms with Crippen LogP contribution in [-0.4, -0.2) is 0 Å². The van der Waals surface area contributed by atoms with Crippen molar-refractivity contribution in [3.8, 4) is 0 Å². The van der Waals surface area contributed by atoms with Gasteiger partial charge in [-0.25, -0.2) is 0 Å². The number of hydrogen-bond acceptors (Lipinski definition) is 0. The normalized spacial score (nSPS) is 49.9. The molecule has 2 rings (SSSR count). The minimum Gasteiger partial charge on any atom is -0.0776 e. The molecule has 2 aliphatic rings. The van der Waals surface area contributed by atoms with Gasteiger partial charge in [0, 0.05) is 0 Å². The Morgan fingerprint density at radius 1 is 1.00 bits per heavy atom. The van der Waals surface area contributed by atoms with Crippen LogP contribution in [0.3, 0.4) is 0 Å². The van der Waals surface area contributed by atoms with Crippen LogP contribution in [0.25, 0.3) is 0 Å². The molecule has 2 unspecified atom stereocenters. The SMILES string of the molecule is C.CC1CC2CC2C1. The average Bonchev–Trinajstić information content (AvgIpc) is 2.15. The molecule has 2 saturated carbocycles. The fraction of sp³-hybridized carbons (Fsp3) is 1.00. The van der Waals surface area contributed by atoms with Gasteiger partial charge in [0.05, 0.1) is 0 Å². The van der Waals surface area contributed by atoms with E-state index < -0.39 is 0 Å². The van der Waals surface area contributed by atoms with Crippen molar-refractivity contribution in [3.05, 3.63) is 0 Å². The van der Waals surface area contributed by atoms with Crippen molar-refractivity contribution < 1.29 is 0 Å². The van der Waals surface area contributed by atoms with Crippen LogP contribution in [0.2, 0.25) is 0 Å². The summed E-state index contributed by atoms with van der Waals surface area (Å²) in [5.74, 6) is 3.45. The van der Waals surface area contributed by atoms with E-state index >= 15 is 0 Å². The van der Waals surface area contributed by atoms with E-state index in [0.717, 1.165) is 5.92 Å². The van der Waals surface area contributed by atoms with E-state index in [9.17, 15) is 0 Å². The smallest absolute Gasteiger partial charge is 0.0380 e. The second kappa shape index (κ2) is 1.75. The molecule has 0 radical (unpaired) electrons. The largest absolute Gasteiger partial charge is 0.0776 e. The van der Waals surface area contributed by atoms with Crippen molar-refractivity contribution in [1.82, 2.24) is 0 Å². The zero-order valence-electron chi connectivity index (χ0n) is 4.85. The van der Waals surface area contributed by atoms with Crippen molar-refractivity contribution in [2.45, 2.75) is 33.6 Å². The molecule has 0 aliphatic heterocycles.